The molecule has 1 amide bonds. The summed E-state index contributed by atoms with van der Waals surface area (Å²) in [7, 11) is 1.59. The van der Waals surface area contributed by atoms with Crippen LogP contribution in [0, 0.1) is 17.1 Å². The molecule has 1 fully saturated rings. The van der Waals surface area contributed by atoms with Crippen LogP contribution in [0.3, 0.4) is 0 Å². The summed E-state index contributed by atoms with van der Waals surface area (Å²) in [6, 6.07) is 23.9. The van der Waals surface area contributed by atoms with Gasteiger partial charge in [0.25, 0.3) is 0 Å². The van der Waals surface area contributed by atoms with E-state index in [4.69, 9.17) is 19.2 Å². The number of halogens is 1. The van der Waals surface area contributed by atoms with Gasteiger partial charge in [-0.1, -0.05) is 42.5 Å². The molecule has 0 saturated carbocycles. The highest BCUT2D eigenvalue weighted by Gasteiger charge is 2.27. The molecule has 9 heteroatoms. The molecule has 3 aromatic carbocycles. The van der Waals surface area contributed by atoms with E-state index in [1.165, 1.54) is 12.1 Å². The van der Waals surface area contributed by atoms with Crippen LogP contribution in [-0.2, 0) is 11.3 Å². The van der Waals surface area contributed by atoms with E-state index in [2.05, 4.69) is 4.90 Å². The quantitative estimate of drug-likeness (QED) is 0.226. The predicted molar refractivity (Wildman–Crippen MR) is 167 cm³/mol. The van der Waals surface area contributed by atoms with Crippen molar-refractivity contribution in [2.75, 3.05) is 38.2 Å². The normalized spacial score (nSPS) is 13.3. The molecule has 0 unspecified atom stereocenters. The topological polar surface area (TPSA) is 87.9 Å². The Morgan fingerprint density at radius 3 is 2.30 bits per heavy atom. The smallest absolute Gasteiger partial charge is 0.410 e. The van der Waals surface area contributed by atoms with E-state index in [1.54, 1.807) is 24.3 Å². The van der Waals surface area contributed by atoms with Gasteiger partial charge in [-0.05, 0) is 73.4 Å². The Labute approximate surface area is 257 Å². The molecule has 1 aliphatic heterocycles. The first-order chi connectivity index (χ1) is 21.1. The monoisotopic (exact) mass is 594 g/mol. The van der Waals surface area contributed by atoms with Crippen LogP contribution in [0.4, 0.5) is 15.0 Å². The molecule has 0 aliphatic carbocycles. The first-order valence-corrected chi connectivity index (χ1v) is 14.4. The first kappa shape index (κ1) is 30.4. The zero-order valence-electron chi connectivity index (χ0n) is 25.3. The maximum Gasteiger partial charge on any atom is 0.410 e. The highest BCUT2D eigenvalue weighted by atomic mass is 19.1. The van der Waals surface area contributed by atoms with Gasteiger partial charge in [0.05, 0.1) is 12.7 Å². The van der Waals surface area contributed by atoms with Gasteiger partial charge < -0.3 is 24.0 Å². The molecular formula is C35H35FN4O4. The number of amides is 1. The summed E-state index contributed by atoms with van der Waals surface area (Å²) in [4.78, 5) is 21.2. The third-order valence-corrected chi connectivity index (χ3v) is 7.26. The Bertz CT molecular complexity index is 1670. The maximum atomic E-state index is 14.9. The minimum atomic E-state index is -0.595. The first-order valence-electron chi connectivity index (χ1n) is 14.4. The minimum Gasteiger partial charge on any atom is -0.493 e. The van der Waals surface area contributed by atoms with E-state index < -0.39 is 11.4 Å². The Balaban J connectivity index is 1.48. The van der Waals surface area contributed by atoms with Crippen molar-refractivity contribution in [2.45, 2.75) is 33.0 Å². The van der Waals surface area contributed by atoms with Crippen LogP contribution in [0.25, 0.3) is 22.3 Å². The summed E-state index contributed by atoms with van der Waals surface area (Å²) in [5.74, 6) is 1.25. The fraction of sp³-hybridized carbons (Fsp3) is 0.286. The lowest BCUT2D eigenvalue weighted by atomic mass is 9.95. The fourth-order valence-corrected chi connectivity index (χ4v) is 5.00. The number of nitrogens with zero attached hydrogens (tertiary/aromatic N) is 4. The minimum absolute atomic E-state index is 0.0242. The van der Waals surface area contributed by atoms with Crippen molar-refractivity contribution >= 4 is 11.9 Å². The number of hydrogen-bond donors (Lipinski definition) is 0. The molecule has 226 valence electrons. The van der Waals surface area contributed by atoms with Gasteiger partial charge in [-0.25, -0.2) is 14.2 Å². The Hall–Kier alpha value is -5.10. The Morgan fingerprint density at radius 1 is 0.932 bits per heavy atom. The summed E-state index contributed by atoms with van der Waals surface area (Å²) < 4.78 is 32.1. The summed E-state index contributed by atoms with van der Waals surface area (Å²) in [6.07, 6.45) is 1.43. The van der Waals surface area contributed by atoms with Gasteiger partial charge >= 0.3 is 6.09 Å². The molecule has 4 aromatic rings. The van der Waals surface area contributed by atoms with Crippen molar-refractivity contribution in [3.63, 3.8) is 0 Å². The lowest BCUT2D eigenvalue weighted by Crippen LogP contribution is -2.50. The molecule has 1 aliphatic rings. The molecule has 0 radical (unpaired) electrons. The van der Waals surface area contributed by atoms with Gasteiger partial charge in [0.15, 0.2) is 11.5 Å². The van der Waals surface area contributed by atoms with E-state index in [0.717, 1.165) is 22.3 Å². The molecule has 0 bridgehead atoms. The largest absolute Gasteiger partial charge is 0.493 e. The van der Waals surface area contributed by atoms with Crippen molar-refractivity contribution in [3.05, 3.63) is 95.9 Å². The van der Waals surface area contributed by atoms with Crippen molar-refractivity contribution < 1.29 is 23.4 Å². The van der Waals surface area contributed by atoms with Crippen LogP contribution >= 0.6 is 0 Å². The summed E-state index contributed by atoms with van der Waals surface area (Å²) in [5, 5.41) is 9.29. The maximum absolute atomic E-state index is 14.9. The molecule has 1 aromatic heterocycles. The number of carbonyl (C=O) groups excluding carboxylic acids is 1. The van der Waals surface area contributed by atoms with Crippen LogP contribution in [-0.4, -0.2) is 54.9 Å². The number of hydrogen-bond acceptors (Lipinski definition) is 7. The number of piperazine rings is 1. The van der Waals surface area contributed by atoms with Crippen LogP contribution in [0.5, 0.6) is 11.5 Å². The van der Waals surface area contributed by atoms with Gasteiger partial charge in [0.1, 0.15) is 29.9 Å². The van der Waals surface area contributed by atoms with Gasteiger partial charge in [0.2, 0.25) is 0 Å². The van der Waals surface area contributed by atoms with Gasteiger partial charge in [-0.2, -0.15) is 5.26 Å². The van der Waals surface area contributed by atoms with Gasteiger partial charge in [-0.3, -0.25) is 0 Å². The number of ether oxygens (including phenoxy) is 3. The van der Waals surface area contributed by atoms with Crippen LogP contribution in [0.1, 0.15) is 31.9 Å². The van der Waals surface area contributed by atoms with E-state index in [1.807, 2.05) is 81.4 Å². The molecule has 0 spiro atoms. The van der Waals surface area contributed by atoms with E-state index >= 15 is 0 Å². The third-order valence-electron chi connectivity index (χ3n) is 7.26. The molecular weight excluding hydrogens is 559 g/mol. The molecule has 0 atom stereocenters. The second-order valence-electron chi connectivity index (χ2n) is 11.5. The molecule has 8 nitrogen and oxygen atoms in total. The Kier molecular flexibility index (Phi) is 9.00. The van der Waals surface area contributed by atoms with E-state index in [9.17, 15) is 14.4 Å². The average molecular weight is 595 g/mol. The predicted octanol–water partition coefficient (Wildman–Crippen LogP) is 7.07. The number of anilines is 1. The molecule has 1 saturated heterocycles. The summed E-state index contributed by atoms with van der Waals surface area (Å²) in [6.45, 7) is 8.00. The van der Waals surface area contributed by atoms with Crippen molar-refractivity contribution in [3.8, 4) is 39.8 Å². The van der Waals surface area contributed by atoms with Gasteiger partial charge in [-0.15, -0.1) is 0 Å². The van der Waals surface area contributed by atoms with Crippen LogP contribution < -0.4 is 14.4 Å². The second-order valence-corrected chi connectivity index (χ2v) is 11.5. The number of aromatic nitrogens is 1. The lowest BCUT2D eigenvalue weighted by Gasteiger charge is -2.36. The molecule has 5 rings (SSSR count). The lowest BCUT2D eigenvalue weighted by molar-refractivity contribution is 0.0240. The van der Waals surface area contributed by atoms with E-state index in [-0.39, 0.29) is 11.7 Å². The summed E-state index contributed by atoms with van der Waals surface area (Å²) >= 11 is 0. The number of benzene rings is 3. The zero-order chi connectivity index (χ0) is 31.3. The standard InChI is InChI=1S/C35H35FN4O4/c1-35(2,3)44-34(41)40-16-14-39(15-17-40)33-20-28(25-10-11-27(21-37)30(36)18-25)29(22-38-33)26-12-13-31(42-4)32(19-26)43-23-24-8-6-5-7-9-24/h5-13,18-20,22H,14-17,23H2,1-4H3. The van der Waals surface area contributed by atoms with Crippen LogP contribution in [0.2, 0.25) is 0 Å². The van der Waals surface area contributed by atoms with Crippen molar-refractivity contribution in [1.29, 1.82) is 5.26 Å². The zero-order valence-corrected chi connectivity index (χ0v) is 25.3. The van der Waals surface area contributed by atoms with Crippen molar-refractivity contribution in [1.82, 2.24) is 9.88 Å². The molecule has 44 heavy (non-hydrogen) atoms. The van der Waals surface area contributed by atoms with Gasteiger partial charge in [0, 0.05) is 37.9 Å². The number of pyridine rings is 1. The summed E-state index contributed by atoms with van der Waals surface area (Å²) in [5.41, 5.74) is 3.35. The number of carbonyl (C=O) groups is 1. The highest BCUT2D eigenvalue weighted by molar-refractivity contribution is 5.85. The number of nitriles is 1. The number of rotatable bonds is 7. The fourth-order valence-electron chi connectivity index (χ4n) is 5.00. The Morgan fingerprint density at radius 2 is 1.64 bits per heavy atom. The SMILES string of the molecule is COc1ccc(-c2cnc(N3CCN(C(=O)OC(C)(C)C)CC3)cc2-c2ccc(C#N)c(F)c2)cc1OCc1ccccc1. The second kappa shape index (κ2) is 13.0. The average Bonchev–Trinajstić information content (AvgIpc) is 3.03. The molecule has 2 heterocycles. The van der Waals surface area contributed by atoms with Crippen molar-refractivity contribution in [2.24, 2.45) is 0 Å². The number of methoxy groups -OCH3 is 1. The highest BCUT2D eigenvalue weighted by Crippen LogP contribution is 2.39. The van der Waals surface area contributed by atoms with E-state index in [0.29, 0.717) is 55.7 Å². The van der Waals surface area contributed by atoms with Crippen LogP contribution in [0.15, 0.2) is 79.0 Å². The molecule has 0 N–H and O–H groups in total. The third kappa shape index (κ3) is 7.09.